The van der Waals surface area contributed by atoms with Gasteiger partial charge >= 0.3 is 5.97 Å². The Morgan fingerprint density at radius 1 is 0.818 bits per heavy atom. The molecule has 0 heterocycles. The number of rotatable bonds is 15. The Bertz CT molecular complexity index is 292. The van der Waals surface area contributed by atoms with E-state index in [9.17, 15) is 9.59 Å². The largest absolute Gasteiger partial charge is 0.480 e. The zero-order valence-corrected chi connectivity index (χ0v) is 14.5. The molecular weight excluding hydrogens is 278 g/mol. The molecule has 0 rings (SSSR count). The first-order valence-electron chi connectivity index (χ1n) is 9.07. The van der Waals surface area contributed by atoms with Crippen LogP contribution in [0.2, 0.25) is 0 Å². The molecule has 4 heteroatoms. The molecule has 0 aromatic heterocycles. The lowest BCUT2D eigenvalue weighted by Crippen LogP contribution is -2.39. The lowest BCUT2D eigenvalue weighted by Gasteiger charge is -2.12. The maximum absolute atomic E-state index is 11.0. The molecule has 0 aliphatic heterocycles. The van der Waals surface area contributed by atoms with Crippen LogP contribution < -0.4 is 5.32 Å². The maximum Gasteiger partial charge on any atom is 0.326 e. The number of hydrogen-bond acceptors (Lipinski definition) is 2. The summed E-state index contributed by atoms with van der Waals surface area (Å²) < 4.78 is 0. The van der Waals surface area contributed by atoms with Crippen LogP contribution in [-0.4, -0.2) is 23.0 Å². The van der Waals surface area contributed by atoms with Crippen LogP contribution in [0.3, 0.4) is 0 Å². The highest BCUT2D eigenvalue weighted by Gasteiger charge is 2.17. The van der Waals surface area contributed by atoms with Crippen molar-refractivity contribution in [3.8, 4) is 0 Å². The Hall–Kier alpha value is -1.06. The fourth-order valence-electron chi connectivity index (χ4n) is 2.69. The van der Waals surface area contributed by atoms with E-state index in [1.54, 1.807) is 0 Å². The number of nitrogens with one attached hydrogen (secondary N) is 1. The van der Waals surface area contributed by atoms with Gasteiger partial charge in [-0.2, -0.15) is 0 Å². The molecule has 2 N–H and O–H groups in total. The third-order valence-electron chi connectivity index (χ3n) is 4.02. The Kier molecular flexibility index (Phi) is 14.1. The highest BCUT2D eigenvalue weighted by Crippen LogP contribution is 2.13. The number of carbonyl (C=O) groups is 2. The van der Waals surface area contributed by atoms with E-state index in [1.165, 1.54) is 71.1 Å². The molecule has 0 spiro atoms. The molecule has 0 saturated heterocycles. The van der Waals surface area contributed by atoms with Gasteiger partial charge in [0, 0.05) is 6.92 Å². The summed E-state index contributed by atoms with van der Waals surface area (Å²) in [6, 6.07) is -0.722. The lowest BCUT2D eigenvalue weighted by molar-refractivity contribution is -0.141. The van der Waals surface area contributed by atoms with Gasteiger partial charge in [-0.25, -0.2) is 4.79 Å². The fourth-order valence-corrected chi connectivity index (χ4v) is 2.69. The van der Waals surface area contributed by atoms with Gasteiger partial charge in [0.15, 0.2) is 0 Å². The van der Waals surface area contributed by atoms with Crippen molar-refractivity contribution in [2.24, 2.45) is 0 Å². The molecule has 0 bridgehead atoms. The van der Waals surface area contributed by atoms with Gasteiger partial charge in [-0.3, -0.25) is 4.79 Å². The molecule has 4 nitrogen and oxygen atoms in total. The van der Waals surface area contributed by atoms with E-state index in [2.05, 4.69) is 12.2 Å². The van der Waals surface area contributed by atoms with Gasteiger partial charge in [0.2, 0.25) is 5.91 Å². The van der Waals surface area contributed by atoms with E-state index in [4.69, 9.17) is 5.11 Å². The highest BCUT2D eigenvalue weighted by molar-refractivity contribution is 5.81. The first kappa shape index (κ1) is 20.9. The summed E-state index contributed by atoms with van der Waals surface area (Å²) >= 11 is 0. The molecule has 1 amide bonds. The standard InChI is InChI=1S/C18H35NO3/c1-3-4-5-6-7-8-9-10-11-12-13-14-15-17(18(21)22)19-16(2)20/h17H,3-15H2,1-2H3,(H,19,20)(H,21,22). The van der Waals surface area contributed by atoms with Gasteiger partial charge in [0.1, 0.15) is 6.04 Å². The van der Waals surface area contributed by atoms with Crippen molar-refractivity contribution >= 4 is 11.9 Å². The highest BCUT2D eigenvalue weighted by atomic mass is 16.4. The number of aliphatic carboxylic acids is 1. The van der Waals surface area contributed by atoms with Crippen LogP contribution in [-0.2, 0) is 9.59 Å². The van der Waals surface area contributed by atoms with Crippen LogP contribution in [0.5, 0.6) is 0 Å². The van der Waals surface area contributed by atoms with Crippen LogP contribution in [0.1, 0.15) is 97.3 Å². The maximum atomic E-state index is 11.0. The number of hydrogen-bond donors (Lipinski definition) is 2. The minimum absolute atomic E-state index is 0.272. The monoisotopic (exact) mass is 313 g/mol. The zero-order valence-electron chi connectivity index (χ0n) is 14.5. The molecule has 0 aliphatic rings. The Labute approximate surface area is 136 Å². The zero-order chi connectivity index (χ0) is 16.6. The second-order valence-corrected chi connectivity index (χ2v) is 6.27. The van der Waals surface area contributed by atoms with Crippen molar-refractivity contribution in [2.75, 3.05) is 0 Å². The van der Waals surface area contributed by atoms with Crippen LogP contribution in [0.4, 0.5) is 0 Å². The number of unbranched alkanes of at least 4 members (excludes halogenated alkanes) is 11. The Balaban J connectivity index is 3.35. The molecule has 0 aromatic carbocycles. The van der Waals surface area contributed by atoms with Crippen molar-refractivity contribution in [3.63, 3.8) is 0 Å². The minimum atomic E-state index is -0.932. The van der Waals surface area contributed by atoms with Crippen molar-refractivity contribution in [3.05, 3.63) is 0 Å². The molecule has 0 aromatic rings. The quantitative estimate of drug-likeness (QED) is 0.432. The van der Waals surface area contributed by atoms with E-state index >= 15 is 0 Å². The average Bonchev–Trinajstić information content (AvgIpc) is 2.46. The second kappa shape index (κ2) is 14.9. The Morgan fingerprint density at radius 2 is 1.23 bits per heavy atom. The van der Waals surface area contributed by atoms with E-state index in [-0.39, 0.29) is 5.91 Å². The molecule has 0 saturated carbocycles. The summed E-state index contributed by atoms with van der Waals surface area (Å²) in [6.07, 6.45) is 15.7. The number of carbonyl (C=O) groups excluding carboxylic acids is 1. The predicted octanol–water partition coefficient (Wildman–Crippen LogP) is 4.67. The van der Waals surface area contributed by atoms with Crippen molar-refractivity contribution in [2.45, 2.75) is 103 Å². The topological polar surface area (TPSA) is 66.4 Å². The molecular formula is C18H35NO3. The lowest BCUT2D eigenvalue weighted by atomic mass is 10.0. The summed E-state index contributed by atoms with van der Waals surface area (Å²) in [5, 5.41) is 11.5. The third-order valence-corrected chi connectivity index (χ3v) is 4.02. The molecule has 0 radical (unpaired) electrons. The predicted molar refractivity (Wildman–Crippen MR) is 90.9 cm³/mol. The number of carboxylic acid groups (broad SMARTS) is 1. The minimum Gasteiger partial charge on any atom is -0.480 e. The van der Waals surface area contributed by atoms with Gasteiger partial charge in [-0.15, -0.1) is 0 Å². The van der Waals surface area contributed by atoms with Crippen LogP contribution in [0.15, 0.2) is 0 Å². The summed E-state index contributed by atoms with van der Waals surface area (Å²) in [5.41, 5.74) is 0. The molecule has 1 atom stereocenters. The van der Waals surface area contributed by atoms with E-state index in [0.29, 0.717) is 6.42 Å². The van der Waals surface area contributed by atoms with Crippen molar-refractivity contribution in [1.82, 2.24) is 5.32 Å². The van der Waals surface area contributed by atoms with Gasteiger partial charge in [0.25, 0.3) is 0 Å². The second-order valence-electron chi connectivity index (χ2n) is 6.27. The first-order chi connectivity index (χ1) is 10.6. The fraction of sp³-hybridized carbons (Fsp3) is 0.889. The van der Waals surface area contributed by atoms with Crippen LogP contribution in [0.25, 0.3) is 0 Å². The van der Waals surface area contributed by atoms with Crippen molar-refractivity contribution < 1.29 is 14.7 Å². The molecule has 22 heavy (non-hydrogen) atoms. The molecule has 0 fully saturated rings. The normalized spacial score (nSPS) is 12.1. The smallest absolute Gasteiger partial charge is 0.326 e. The Morgan fingerprint density at radius 3 is 1.59 bits per heavy atom. The molecule has 1 unspecified atom stereocenters. The van der Waals surface area contributed by atoms with E-state index < -0.39 is 12.0 Å². The average molecular weight is 313 g/mol. The molecule has 0 aliphatic carbocycles. The van der Waals surface area contributed by atoms with E-state index in [0.717, 1.165) is 12.8 Å². The first-order valence-corrected chi connectivity index (χ1v) is 9.07. The van der Waals surface area contributed by atoms with Crippen LogP contribution in [0, 0.1) is 0 Å². The molecule has 130 valence electrons. The van der Waals surface area contributed by atoms with Gasteiger partial charge in [0.05, 0.1) is 0 Å². The van der Waals surface area contributed by atoms with Crippen LogP contribution >= 0.6 is 0 Å². The summed E-state index contributed by atoms with van der Waals surface area (Å²) in [7, 11) is 0. The number of amides is 1. The SMILES string of the molecule is CCCCCCCCCCCCCCC(NC(C)=O)C(=O)O. The summed E-state index contributed by atoms with van der Waals surface area (Å²) in [4.78, 5) is 21.9. The number of carboxylic acids is 1. The summed E-state index contributed by atoms with van der Waals surface area (Å²) in [5.74, 6) is -1.20. The third kappa shape index (κ3) is 13.9. The van der Waals surface area contributed by atoms with Crippen molar-refractivity contribution in [1.29, 1.82) is 0 Å². The van der Waals surface area contributed by atoms with Gasteiger partial charge in [-0.1, -0.05) is 84.0 Å². The van der Waals surface area contributed by atoms with Gasteiger partial charge in [-0.05, 0) is 6.42 Å². The van der Waals surface area contributed by atoms with E-state index in [1.807, 2.05) is 0 Å². The summed E-state index contributed by atoms with van der Waals surface area (Å²) in [6.45, 7) is 3.60. The van der Waals surface area contributed by atoms with Gasteiger partial charge < -0.3 is 10.4 Å².